The van der Waals surface area contributed by atoms with E-state index in [2.05, 4.69) is 70.9 Å². The number of anilines is 1. The van der Waals surface area contributed by atoms with Gasteiger partial charge in [0.05, 0.1) is 6.61 Å². The SMILES string of the molecule is CCNC(=NCC(=O)NCCOC)NC1CCN(c2ccc(C(C)(C)C)cc2)CC1.I. The summed E-state index contributed by atoms with van der Waals surface area (Å²) in [5.41, 5.74) is 2.83. The predicted molar refractivity (Wildman–Crippen MR) is 140 cm³/mol. The summed E-state index contributed by atoms with van der Waals surface area (Å²) in [5.74, 6) is 0.602. The van der Waals surface area contributed by atoms with Crippen LogP contribution in [0.25, 0.3) is 0 Å². The number of aliphatic imine (C=N–C) groups is 1. The predicted octanol–water partition coefficient (Wildman–Crippen LogP) is 2.89. The molecule has 7 nitrogen and oxygen atoms in total. The number of guanidine groups is 1. The van der Waals surface area contributed by atoms with Gasteiger partial charge in [-0.25, -0.2) is 4.99 Å². The highest BCUT2D eigenvalue weighted by atomic mass is 127. The fraction of sp³-hybridized carbons (Fsp3) is 0.652. The highest BCUT2D eigenvalue weighted by Crippen LogP contribution is 2.26. The van der Waals surface area contributed by atoms with Crippen molar-refractivity contribution >= 4 is 41.5 Å². The van der Waals surface area contributed by atoms with E-state index in [1.807, 2.05) is 6.92 Å². The molecule has 0 saturated carbocycles. The van der Waals surface area contributed by atoms with E-state index in [-0.39, 0.29) is 41.8 Å². The third-order valence-corrected chi connectivity index (χ3v) is 5.29. The average molecular weight is 546 g/mol. The number of nitrogens with one attached hydrogen (secondary N) is 3. The van der Waals surface area contributed by atoms with E-state index in [4.69, 9.17) is 4.74 Å². The molecule has 1 aliphatic heterocycles. The van der Waals surface area contributed by atoms with E-state index in [9.17, 15) is 4.79 Å². The molecule has 0 bridgehead atoms. The molecule has 3 N–H and O–H groups in total. The molecule has 1 heterocycles. The molecule has 1 amide bonds. The Morgan fingerprint density at radius 1 is 1.16 bits per heavy atom. The van der Waals surface area contributed by atoms with Crippen LogP contribution in [-0.2, 0) is 14.9 Å². The minimum absolute atomic E-state index is 0. The molecular formula is C23H40IN5O2. The first kappa shape index (κ1) is 27.5. The molecule has 31 heavy (non-hydrogen) atoms. The zero-order chi connectivity index (χ0) is 22.0. The molecule has 0 unspecified atom stereocenters. The van der Waals surface area contributed by atoms with Crippen LogP contribution >= 0.6 is 24.0 Å². The molecule has 2 rings (SSSR count). The number of piperidine rings is 1. The summed E-state index contributed by atoms with van der Waals surface area (Å²) in [6.07, 6.45) is 2.07. The highest BCUT2D eigenvalue weighted by molar-refractivity contribution is 14.0. The van der Waals surface area contributed by atoms with Gasteiger partial charge in [-0.15, -0.1) is 24.0 Å². The summed E-state index contributed by atoms with van der Waals surface area (Å²) >= 11 is 0. The van der Waals surface area contributed by atoms with Crippen LogP contribution in [0.4, 0.5) is 5.69 Å². The second-order valence-corrected chi connectivity index (χ2v) is 8.74. The van der Waals surface area contributed by atoms with Crippen molar-refractivity contribution in [3.8, 4) is 0 Å². The van der Waals surface area contributed by atoms with Crippen molar-refractivity contribution in [3.05, 3.63) is 29.8 Å². The van der Waals surface area contributed by atoms with Crippen molar-refractivity contribution < 1.29 is 9.53 Å². The number of nitrogens with zero attached hydrogens (tertiary/aromatic N) is 2. The van der Waals surface area contributed by atoms with Gasteiger partial charge >= 0.3 is 0 Å². The lowest BCUT2D eigenvalue weighted by atomic mass is 9.87. The normalized spacial score (nSPS) is 15.3. The second-order valence-electron chi connectivity index (χ2n) is 8.74. The first-order valence-corrected chi connectivity index (χ1v) is 11.0. The summed E-state index contributed by atoms with van der Waals surface area (Å²) < 4.78 is 4.94. The maximum absolute atomic E-state index is 11.9. The minimum atomic E-state index is -0.0993. The number of ether oxygens (including phenoxy) is 1. The summed E-state index contributed by atoms with van der Waals surface area (Å²) in [6, 6.07) is 9.31. The number of methoxy groups -OCH3 is 1. The van der Waals surface area contributed by atoms with Crippen LogP contribution in [0, 0.1) is 0 Å². The Bertz CT molecular complexity index is 680. The third-order valence-electron chi connectivity index (χ3n) is 5.29. The lowest BCUT2D eigenvalue weighted by molar-refractivity contribution is -0.119. The zero-order valence-corrected chi connectivity index (χ0v) is 22.0. The lowest BCUT2D eigenvalue weighted by Crippen LogP contribution is -2.49. The standard InChI is InChI=1S/C23H39N5O2.HI/c1-6-24-22(26-17-21(29)25-13-16-30-5)27-19-11-14-28(15-12-19)20-9-7-18(8-10-20)23(2,3)4;/h7-10,19H,6,11-17H2,1-5H3,(H,25,29)(H2,24,26,27);1H. The van der Waals surface area contributed by atoms with Crippen LogP contribution in [-0.4, -0.2) is 64.3 Å². The lowest BCUT2D eigenvalue weighted by Gasteiger charge is -2.35. The van der Waals surface area contributed by atoms with Gasteiger partial charge in [-0.2, -0.15) is 0 Å². The summed E-state index contributed by atoms with van der Waals surface area (Å²) in [5, 5.41) is 9.51. The smallest absolute Gasteiger partial charge is 0.241 e. The van der Waals surface area contributed by atoms with Gasteiger partial charge in [-0.05, 0) is 42.9 Å². The number of carbonyl (C=O) groups is 1. The number of hydrogen-bond donors (Lipinski definition) is 3. The number of carbonyl (C=O) groups excluding carboxylic acids is 1. The van der Waals surface area contributed by atoms with Crippen molar-refractivity contribution in [2.75, 3.05) is 51.3 Å². The van der Waals surface area contributed by atoms with Crippen molar-refractivity contribution in [3.63, 3.8) is 0 Å². The molecule has 1 aliphatic rings. The summed E-state index contributed by atoms with van der Waals surface area (Å²) in [6.45, 7) is 12.6. The molecule has 0 spiro atoms. The fourth-order valence-electron chi connectivity index (χ4n) is 3.47. The van der Waals surface area contributed by atoms with Gasteiger partial charge in [0, 0.05) is 45.0 Å². The maximum atomic E-state index is 11.9. The number of rotatable bonds is 8. The Kier molecular flexibility index (Phi) is 12.2. The largest absolute Gasteiger partial charge is 0.383 e. The highest BCUT2D eigenvalue weighted by Gasteiger charge is 2.21. The van der Waals surface area contributed by atoms with Gasteiger partial charge in [0.1, 0.15) is 6.54 Å². The number of benzene rings is 1. The Labute approximate surface area is 204 Å². The number of halogens is 1. The topological polar surface area (TPSA) is 78.0 Å². The Hall–Kier alpha value is -1.55. The molecule has 0 aliphatic carbocycles. The molecule has 0 atom stereocenters. The van der Waals surface area contributed by atoms with E-state index in [0.717, 1.165) is 32.5 Å². The van der Waals surface area contributed by atoms with Gasteiger partial charge in [-0.1, -0.05) is 32.9 Å². The molecule has 8 heteroatoms. The molecule has 1 aromatic carbocycles. The van der Waals surface area contributed by atoms with Gasteiger partial charge in [0.15, 0.2) is 5.96 Å². The molecule has 1 fully saturated rings. The van der Waals surface area contributed by atoms with Crippen molar-refractivity contribution in [1.82, 2.24) is 16.0 Å². The minimum Gasteiger partial charge on any atom is -0.383 e. The molecule has 0 radical (unpaired) electrons. The van der Waals surface area contributed by atoms with Crippen LogP contribution in [0.3, 0.4) is 0 Å². The Morgan fingerprint density at radius 3 is 2.35 bits per heavy atom. The van der Waals surface area contributed by atoms with Crippen molar-refractivity contribution in [2.24, 2.45) is 4.99 Å². The van der Waals surface area contributed by atoms with Crippen molar-refractivity contribution in [1.29, 1.82) is 0 Å². The van der Waals surface area contributed by atoms with Crippen LogP contribution in [0.15, 0.2) is 29.3 Å². The number of hydrogen-bond acceptors (Lipinski definition) is 4. The monoisotopic (exact) mass is 545 g/mol. The second kappa shape index (κ2) is 13.8. The van der Waals surface area contributed by atoms with Crippen LogP contribution < -0.4 is 20.9 Å². The van der Waals surface area contributed by atoms with E-state index in [1.54, 1.807) is 7.11 Å². The summed E-state index contributed by atoms with van der Waals surface area (Å²) in [7, 11) is 1.61. The number of amides is 1. The molecule has 0 aromatic heterocycles. The van der Waals surface area contributed by atoms with Crippen LogP contribution in [0.1, 0.15) is 46.1 Å². The maximum Gasteiger partial charge on any atom is 0.241 e. The van der Waals surface area contributed by atoms with Gasteiger partial charge in [0.2, 0.25) is 5.91 Å². The zero-order valence-electron chi connectivity index (χ0n) is 19.7. The van der Waals surface area contributed by atoms with Crippen LogP contribution in [0.5, 0.6) is 0 Å². The average Bonchev–Trinajstić information content (AvgIpc) is 2.72. The molecule has 176 valence electrons. The Balaban J connectivity index is 0.00000480. The molecule has 1 aromatic rings. The van der Waals surface area contributed by atoms with Gasteiger partial charge in [-0.3, -0.25) is 4.79 Å². The first-order valence-electron chi connectivity index (χ1n) is 11.0. The molecule has 1 saturated heterocycles. The van der Waals surface area contributed by atoms with E-state index >= 15 is 0 Å². The van der Waals surface area contributed by atoms with Gasteiger partial charge < -0.3 is 25.6 Å². The van der Waals surface area contributed by atoms with E-state index in [1.165, 1.54) is 11.3 Å². The Morgan fingerprint density at radius 2 is 1.81 bits per heavy atom. The van der Waals surface area contributed by atoms with E-state index < -0.39 is 0 Å². The van der Waals surface area contributed by atoms with Crippen molar-refractivity contribution in [2.45, 2.75) is 52.0 Å². The quantitative estimate of drug-likeness (QED) is 0.203. The van der Waals surface area contributed by atoms with Gasteiger partial charge in [0.25, 0.3) is 0 Å². The molecular weight excluding hydrogens is 505 g/mol. The first-order chi connectivity index (χ1) is 14.3. The van der Waals surface area contributed by atoms with E-state index in [0.29, 0.717) is 25.2 Å². The van der Waals surface area contributed by atoms with Crippen LogP contribution in [0.2, 0.25) is 0 Å². The summed E-state index contributed by atoms with van der Waals surface area (Å²) in [4.78, 5) is 18.7. The third kappa shape index (κ3) is 9.64. The fourth-order valence-corrected chi connectivity index (χ4v) is 3.47.